The highest BCUT2D eigenvalue weighted by Gasteiger charge is 1.93. The molecule has 1 aromatic carbocycles. The first kappa shape index (κ1) is 14.0. The van der Waals surface area contributed by atoms with E-state index in [-0.39, 0.29) is 19.0 Å². The lowest BCUT2D eigenvalue weighted by Gasteiger charge is -2.06. The molecule has 86 valence electrons. The maximum absolute atomic E-state index is 8.44. The van der Waals surface area contributed by atoms with Crippen molar-refractivity contribution in [1.82, 2.24) is 0 Å². The van der Waals surface area contributed by atoms with Crippen LogP contribution < -0.4 is 10.5 Å². The number of halogens is 1. The van der Waals surface area contributed by atoms with Gasteiger partial charge in [0, 0.05) is 11.8 Å². The molecule has 1 aromatic rings. The quantitative estimate of drug-likeness (QED) is 0.570. The number of nitrogen functional groups attached to an aromatic ring is 1. The molecule has 5 heteroatoms. The molecule has 0 fully saturated rings. The second-order valence-corrected chi connectivity index (χ2v) is 2.76. The number of benzene rings is 1. The molecule has 15 heavy (non-hydrogen) atoms. The van der Waals surface area contributed by atoms with E-state index < -0.39 is 0 Å². The molecular formula is C10H16ClNO3. The number of rotatable bonds is 6. The molecule has 0 aliphatic rings. The largest absolute Gasteiger partial charge is 0.491 e. The maximum Gasteiger partial charge on any atom is 0.121 e. The number of ether oxygens (including phenoxy) is 2. The number of hydrogen-bond acceptors (Lipinski definition) is 4. The fraction of sp³-hybridized carbons (Fsp3) is 0.400. The van der Waals surface area contributed by atoms with Crippen molar-refractivity contribution >= 4 is 18.1 Å². The fourth-order valence-electron chi connectivity index (χ4n) is 0.989. The van der Waals surface area contributed by atoms with Gasteiger partial charge in [-0.25, -0.2) is 0 Å². The molecule has 0 spiro atoms. The zero-order valence-corrected chi connectivity index (χ0v) is 9.20. The van der Waals surface area contributed by atoms with Crippen LogP contribution in [0.15, 0.2) is 24.3 Å². The van der Waals surface area contributed by atoms with Crippen molar-refractivity contribution in [3.8, 4) is 5.75 Å². The van der Waals surface area contributed by atoms with E-state index >= 15 is 0 Å². The molecule has 0 aliphatic heterocycles. The van der Waals surface area contributed by atoms with Gasteiger partial charge in [-0.05, 0) is 12.1 Å². The Morgan fingerprint density at radius 3 is 2.67 bits per heavy atom. The van der Waals surface area contributed by atoms with Gasteiger partial charge in [-0.2, -0.15) is 0 Å². The van der Waals surface area contributed by atoms with Gasteiger partial charge in [0.2, 0.25) is 0 Å². The van der Waals surface area contributed by atoms with Crippen LogP contribution in [-0.2, 0) is 4.74 Å². The van der Waals surface area contributed by atoms with Gasteiger partial charge < -0.3 is 20.3 Å². The van der Waals surface area contributed by atoms with Crippen molar-refractivity contribution in [1.29, 1.82) is 0 Å². The first-order valence-electron chi connectivity index (χ1n) is 4.50. The number of hydrogen-bond donors (Lipinski definition) is 2. The third kappa shape index (κ3) is 6.17. The summed E-state index contributed by atoms with van der Waals surface area (Å²) in [7, 11) is 0. The van der Waals surface area contributed by atoms with E-state index in [0.29, 0.717) is 25.5 Å². The Balaban J connectivity index is 0.00000196. The molecule has 0 heterocycles. The zero-order valence-electron chi connectivity index (χ0n) is 8.39. The summed E-state index contributed by atoms with van der Waals surface area (Å²) in [6, 6.07) is 7.23. The third-order valence-electron chi connectivity index (χ3n) is 1.59. The number of aliphatic hydroxyl groups is 1. The first-order chi connectivity index (χ1) is 6.83. The van der Waals surface area contributed by atoms with Crippen LogP contribution in [0.1, 0.15) is 0 Å². The predicted molar refractivity (Wildman–Crippen MR) is 61.5 cm³/mol. The van der Waals surface area contributed by atoms with Crippen LogP contribution in [0, 0.1) is 0 Å². The fourth-order valence-corrected chi connectivity index (χ4v) is 0.989. The van der Waals surface area contributed by atoms with E-state index in [9.17, 15) is 0 Å². The standard InChI is InChI=1S/C10H15NO3.ClH/c11-9-2-1-3-10(8-9)14-7-6-13-5-4-12;/h1-3,8,12H,4-7,11H2;1H. The Morgan fingerprint density at radius 1 is 1.20 bits per heavy atom. The molecule has 0 aliphatic carbocycles. The summed E-state index contributed by atoms with van der Waals surface area (Å²) in [5.41, 5.74) is 6.25. The normalized spacial score (nSPS) is 9.40. The van der Waals surface area contributed by atoms with Gasteiger partial charge >= 0.3 is 0 Å². The van der Waals surface area contributed by atoms with Crippen molar-refractivity contribution in [3.05, 3.63) is 24.3 Å². The van der Waals surface area contributed by atoms with Crippen LogP contribution in [0.2, 0.25) is 0 Å². The van der Waals surface area contributed by atoms with Gasteiger partial charge in [0.25, 0.3) is 0 Å². The van der Waals surface area contributed by atoms with Crippen LogP contribution in [-0.4, -0.2) is 31.5 Å². The van der Waals surface area contributed by atoms with Gasteiger partial charge in [0.05, 0.1) is 19.8 Å². The molecule has 1 rings (SSSR count). The Hall–Kier alpha value is -0.970. The van der Waals surface area contributed by atoms with E-state index in [0.717, 1.165) is 5.75 Å². The van der Waals surface area contributed by atoms with Gasteiger partial charge in [0.15, 0.2) is 0 Å². The highest BCUT2D eigenvalue weighted by molar-refractivity contribution is 5.85. The third-order valence-corrected chi connectivity index (χ3v) is 1.59. The molecule has 0 atom stereocenters. The zero-order chi connectivity index (χ0) is 10.2. The van der Waals surface area contributed by atoms with E-state index in [1.54, 1.807) is 12.1 Å². The highest BCUT2D eigenvalue weighted by atomic mass is 35.5. The average molecular weight is 234 g/mol. The maximum atomic E-state index is 8.44. The second-order valence-electron chi connectivity index (χ2n) is 2.76. The molecule has 0 saturated carbocycles. The van der Waals surface area contributed by atoms with Gasteiger partial charge in [-0.3, -0.25) is 0 Å². The SMILES string of the molecule is Cl.Nc1cccc(OCCOCCO)c1. The lowest BCUT2D eigenvalue weighted by atomic mass is 10.3. The molecule has 3 N–H and O–H groups in total. The van der Waals surface area contributed by atoms with Crippen LogP contribution in [0.25, 0.3) is 0 Å². The number of anilines is 1. The summed E-state index contributed by atoms with van der Waals surface area (Å²) >= 11 is 0. The van der Waals surface area contributed by atoms with Crippen molar-refractivity contribution in [2.75, 3.05) is 32.2 Å². The first-order valence-corrected chi connectivity index (χ1v) is 4.50. The molecule has 4 nitrogen and oxygen atoms in total. The molecule has 0 saturated heterocycles. The summed E-state index contributed by atoms with van der Waals surface area (Å²) in [6.45, 7) is 1.32. The van der Waals surface area contributed by atoms with Crippen molar-refractivity contribution in [2.45, 2.75) is 0 Å². The monoisotopic (exact) mass is 233 g/mol. The van der Waals surface area contributed by atoms with Crippen LogP contribution in [0.3, 0.4) is 0 Å². The minimum absolute atomic E-state index is 0. The van der Waals surface area contributed by atoms with Crippen LogP contribution in [0.5, 0.6) is 5.75 Å². The van der Waals surface area contributed by atoms with Crippen LogP contribution >= 0.6 is 12.4 Å². The Bertz CT molecular complexity index is 271. The smallest absolute Gasteiger partial charge is 0.121 e. The van der Waals surface area contributed by atoms with E-state index in [2.05, 4.69) is 0 Å². The van der Waals surface area contributed by atoms with Crippen LogP contribution in [0.4, 0.5) is 5.69 Å². The summed E-state index contributed by atoms with van der Waals surface area (Å²) in [5, 5.41) is 8.44. The topological polar surface area (TPSA) is 64.7 Å². The van der Waals surface area contributed by atoms with Gasteiger partial charge in [0.1, 0.15) is 12.4 Å². The minimum Gasteiger partial charge on any atom is -0.491 e. The molecule has 0 aromatic heterocycles. The Morgan fingerprint density at radius 2 is 2.00 bits per heavy atom. The highest BCUT2D eigenvalue weighted by Crippen LogP contribution is 2.13. The van der Waals surface area contributed by atoms with Crippen molar-refractivity contribution < 1.29 is 14.6 Å². The Labute approximate surface area is 95.4 Å². The number of nitrogens with two attached hydrogens (primary N) is 1. The van der Waals surface area contributed by atoms with Gasteiger partial charge in [-0.15, -0.1) is 12.4 Å². The van der Waals surface area contributed by atoms with E-state index in [1.807, 2.05) is 12.1 Å². The average Bonchev–Trinajstić information content (AvgIpc) is 2.18. The van der Waals surface area contributed by atoms with Gasteiger partial charge in [-0.1, -0.05) is 6.07 Å². The lowest BCUT2D eigenvalue weighted by molar-refractivity contribution is 0.0705. The molecular weight excluding hydrogens is 218 g/mol. The lowest BCUT2D eigenvalue weighted by Crippen LogP contribution is -2.09. The second kappa shape index (κ2) is 8.35. The Kier molecular flexibility index (Phi) is 7.81. The molecule has 0 radical (unpaired) electrons. The van der Waals surface area contributed by atoms with Crippen molar-refractivity contribution in [2.24, 2.45) is 0 Å². The number of aliphatic hydroxyl groups excluding tert-OH is 1. The minimum atomic E-state index is 0. The summed E-state index contributed by atoms with van der Waals surface area (Å²) < 4.78 is 10.4. The van der Waals surface area contributed by atoms with Crippen molar-refractivity contribution in [3.63, 3.8) is 0 Å². The van der Waals surface area contributed by atoms with E-state index in [4.69, 9.17) is 20.3 Å². The molecule has 0 unspecified atom stereocenters. The summed E-state index contributed by atoms with van der Waals surface area (Å²) in [6.07, 6.45) is 0. The predicted octanol–water partition coefficient (Wildman–Crippen LogP) is 1.08. The molecule has 0 bridgehead atoms. The summed E-state index contributed by atoms with van der Waals surface area (Å²) in [4.78, 5) is 0. The summed E-state index contributed by atoms with van der Waals surface area (Å²) in [5.74, 6) is 0.734. The molecule has 0 amide bonds. The van der Waals surface area contributed by atoms with E-state index in [1.165, 1.54) is 0 Å².